The van der Waals surface area contributed by atoms with Gasteiger partial charge in [0.25, 0.3) is 0 Å². The molecule has 0 aliphatic heterocycles. The molecule has 0 heterocycles. The molecule has 0 aliphatic carbocycles. The highest BCUT2D eigenvalue weighted by Gasteiger charge is 2.07. The topological polar surface area (TPSA) is 30.5 Å². The van der Waals surface area contributed by atoms with E-state index in [4.69, 9.17) is 21.1 Å². The molecule has 0 aromatic heterocycles. The summed E-state index contributed by atoms with van der Waals surface area (Å²) in [6.07, 6.45) is 0. The molecule has 1 N–H and O–H groups in total. The number of methoxy groups -OCH3 is 2. The minimum Gasteiger partial charge on any atom is -0.496 e. The second kappa shape index (κ2) is 6.48. The lowest BCUT2D eigenvalue weighted by Crippen LogP contribution is -2.03. The Balaban J connectivity index is 2.18. The molecule has 0 saturated carbocycles. The van der Waals surface area contributed by atoms with Crippen molar-refractivity contribution < 1.29 is 13.9 Å². The Morgan fingerprint density at radius 1 is 1.05 bits per heavy atom. The van der Waals surface area contributed by atoms with Crippen LogP contribution in [0, 0.1) is 5.82 Å². The molecule has 0 amide bonds. The van der Waals surface area contributed by atoms with Gasteiger partial charge in [-0.15, -0.1) is 0 Å². The fourth-order valence-electron chi connectivity index (χ4n) is 1.89. The minimum atomic E-state index is -0.340. The normalized spacial score (nSPS) is 10.2. The van der Waals surface area contributed by atoms with Crippen molar-refractivity contribution in [2.24, 2.45) is 0 Å². The van der Waals surface area contributed by atoms with E-state index >= 15 is 0 Å². The average Bonchev–Trinajstić information content (AvgIpc) is 2.46. The van der Waals surface area contributed by atoms with Gasteiger partial charge in [-0.3, -0.25) is 0 Å². The van der Waals surface area contributed by atoms with Crippen molar-refractivity contribution in [2.75, 3.05) is 19.5 Å². The third-order valence-electron chi connectivity index (χ3n) is 2.88. The quantitative estimate of drug-likeness (QED) is 0.900. The Morgan fingerprint density at radius 3 is 2.50 bits per heavy atom. The summed E-state index contributed by atoms with van der Waals surface area (Å²) in [4.78, 5) is 0. The number of anilines is 1. The van der Waals surface area contributed by atoms with Crippen molar-refractivity contribution in [3.63, 3.8) is 0 Å². The third-order valence-corrected chi connectivity index (χ3v) is 3.11. The van der Waals surface area contributed by atoms with Gasteiger partial charge in [-0.05, 0) is 30.3 Å². The van der Waals surface area contributed by atoms with Crippen LogP contribution >= 0.6 is 11.6 Å². The molecule has 20 heavy (non-hydrogen) atoms. The first kappa shape index (κ1) is 14.5. The van der Waals surface area contributed by atoms with Gasteiger partial charge in [-0.2, -0.15) is 0 Å². The molecule has 106 valence electrons. The van der Waals surface area contributed by atoms with Gasteiger partial charge in [0.1, 0.15) is 17.3 Å². The average molecular weight is 296 g/mol. The molecule has 0 saturated heterocycles. The lowest BCUT2D eigenvalue weighted by atomic mass is 10.2. The van der Waals surface area contributed by atoms with Crippen LogP contribution in [0.15, 0.2) is 36.4 Å². The molecule has 0 fully saturated rings. The Kier molecular flexibility index (Phi) is 4.69. The summed E-state index contributed by atoms with van der Waals surface area (Å²) in [6, 6.07) is 9.73. The SMILES string of the molecule is COc1ccc(Cl)cc1CNc1ccc(F)cc1OC. The Morgan fingerprint density at radius 2 is 1.80 bits per heavy atom. The molecule has 0 atom stereocenters. The predicted octanol–water partition coefficient (Wildman–Crippen LogP) is 4.11. The summed E-state index contributed by atoms with van der Waals surface area (Å²) in [5.74, 6) is 0.849. The maximum Gasteiger partial charge on any atom is 0.144 e. The number of nitrogens with one attached hydrogen (secondary N) is 1. The zero-order chi connectivity index (χ0) is 14.5. The second-order valence-electron chi connectivity index (χ2n) is 4.15. The first-order valence-electron chi connectivity index (χ1n) is 6.04. The number of halogens is 2. The van der Waals surface area contributed by atoms with E-state index in [-0.39, 0.29) is 5.82 Å². The van der Waals surface area contributed by atoms with Crippen LogP contribution in [0.2, 0.25) is 5.02 Å². The van der Waals surface area contributed by atoms with Gasteiger partial charge in [0.05, 0.1) is 19.9 Å². The van der Waals surface area contributed by atoms with Crippen LogP contribution in [0.5, 0.6) is 11.5 Å². The molecule has 2 aromatic carbocycles. The predicted molar refractivity (Wildman–Crippen MR) is 78.3 cm³/mol. The Hall–Kier alpha value is -1.94. The van der Waals surface area contributed by atoms with Crippen molar-refractivity contribution in [2.45, 2.75) is 6.54 Å². The van der Waals surface area contributed by atoms with Gasteiger partial charge < -0.3 is 14.8 Å². The van der Waals surface area contributed by atoms with Crippen LogP contribution in [0.3, 0.4) is 0 Å². The lowest BCUT2D eigenvalue weighted by molar-refractivity contribution is 0.409. The first-order chi connectivity index (χ1) is 9.63. The van der Waals surface area contributed by atoms with Crippen LogP contribution in [-0.2, 0) is 6.54 Å². The molecule has 0 unspecified atom stereocenters. The van der Waals surface area contributed by atoms with E-state index in [9.17, 15) is 4.39 Å². The smallest absolute Gasteiger partial charge is 0.144 e. The van der Waals surface area contributed by atoms with Crippen LogP contribution < -0.4 is 14.8 Å². The maximum absolute atomic E-state index is 13.1. The van der Waals surface area contributed by atoms with E-state index < -0.39 is 0 Å². The summed E-state index contributed by atoms with van der Waals surface area (Å²) in [5, 5.41) is 3.81. The van der Waals surface area contributed by atoms with Crippen LogP contribution in [0.1, 0.15) is 5.56 Å². The maximum atomic E-state index is 13.1. The van der Waals surface area contributed by atoms with Crippen LogP contribution in [-0.4, -0.2) is 14.2 Å². The molecule has 0 bridgehead atoms. The zero-order valence-electron chi connectivity index (χ0n) is 11.2. The van der Waals surface area contributed by atoms with E-state index in [0.717, 1.165) is 11.3 Å². The number of benzene rings is 2. The lowest BCUT2D eigenvalue weighted by Gasteiger charge is -2.13. The van der Waals surface area contributed by atoms with Crippen molar-refractivity contribution in [1.29, 1.82) is 0 Å². The number of hydrogen-bond donors (Lipinski definition) is 1. The van der Waals surface area contributed by atoms with Gasteiger partial charge >= 0.3 is 0 Å². The molecule has 0 radical (unpaired) electrons. The second-order valence-corrected chi connectivity index (χ2v) is 4.59. The van der Waals surface area contributed by atoms with Crippen LogP contribution in [0.4, 0.5) is 10.1 Å². The summed E-state index contributed by atoms with van der Waals surface area (Å²) in [7, 11) is 3.10. The summed E-state index contributed by atoms with van der Waals surface area (Å²) >= 11 is 5.98. The van der Waals surface area contributed by atoms with E-state index in [1.165, 1.54) is 19.2 Å². The molecule has 2 rings (SSSR count). The van der Waals surface area contributed by atoms with Crippen molar-refractivity contribution in [3.8, 4) is 11.5 Å². The van der Waals surface area contributed by atoms with Crippen LogP contribution in [0.25, 0.3) is 0 Å². The Labute approximate surface area is 122 Å². The first-order valence-corrected chi connectivity index (χ1v) is 6.41. The largest absolute Gasteiger partial charge is 0.496 e. The summed E-state index contributed by atoms with van der Waals surface area (Å²) < 4.78 is 23.5. The molecular weight excluding hydrogens is 281 g/mol. The zero-order valence-corrected chi connectivity index (χ0v) is 12.0. The molecule has 5 heteroatoms. The highest BCUT2D eigenvalue weighted by atomic mass is 35.5. The number of rotatable bonds is 5. The monoisotopic (exact) mass is 295 g/mol. The summed E-state index contributed by atoms with van der Waals surface area (Å²) in [6.45, 7) is 0.492. The van der Waals surface area contributed by atoms with E-state index in [1.54, 1.807) is 25.3 Å². The number of hydrogen-bond acceptors (Lipinski definition) is 3. The fraction of sp³-hybridized carbons (Fsp3) is 0.200. The van der Waals surface area contributed by atoms with Gasteiger partial charge in [-0.25, -0.2) is 4.39 Å². The molecular formula is C15H15ClFNO2. The fourth-order valence-corrected chi connectivity index (χ4v) is 2.08. The van der Waals surface area contributed by atoms with Gasteiger partial charge in [0.2, 0.25) is 0 Å². The standard InChI is InChI=1S/C15H15ClFNO2/c1-19-14-6-3-11(16)7-10(14)9-18-13-5-4-12(17)8-15(13)20-2/h3-8,18H,9H2,1-2H3. The molecule has 0 spiro atoms. The highest BCUT2D eigenvalue weighted by Crippen LogP contribution is 2.28. The summed E-state index contributed by atoms with van der Waals surface area (Å²) in [5.41, 5.74) is 1.61. The van der Waals surface area contributed by atoms with Gasteiger partial charge in [-0.1, -0.05) is 11.6 Å². The van der Waals surface area contributed by atoms with Crippen molar-refractivity contribution >= 4 is 17.3 Å². The molecule has 2 aromatic rings. The van der Waals surface area contributed by atoms with Gasteiger partial charge in [0, 0.05) is 23.2 Å². The third kappa shape index (κ3) is 3.33. The van der Waals surface area contributed by atoms with Crippen molar-refractivity contribution in [1.82, 2.24) is 0 Å². The number of ether oxygens (including phenoxy) is 2. The minimum absolute atomic E-state index is 0.340. The van der Waals surface area contributed by atoms with Gasteiger partial charge in [0.15, 0.2) is 0 Å². The Bertz CT molecular complexity index is 604. The van der Waals surface area contributed by atoms with E-state index in [1.807, 2.05) is 6.07 Å². The highest BCUT2D eigenvalue weighted by molar-refractivity contribution is 6.30. The van der Waals surface area contributed by atoms with Crippen molar-refractivity contribution in [3.05, 3.63) is 52.8 Å². The van der Waals surface area contributed by atoms with E-state index in [0.29, 0.717) is 23.0 Å². The molecule has 0 aliphatic rings. The molecule has 3 nitrogen and oxygen atoms in total. The van der Waals surface area contributed by atoms with E-state index in [2.05, 4.69) is 5.32 Å².